The van der Waals surface area contributed by atoms with Gasteiger partial charge in [0.15, 0.2) is 18.1 Å². The Labute approximate surface area is 196 Å². The Hall–Kier alpha value is -4.01. The van der Waals surface area contributed by atoms with Crippen LogP contribution in [0.2, 0.25) is 0 Å². The zero-order valence-corrected chi connectivity index (χ0v) is 19.1. The van der Waals surface area contributed by atoms with Crippen LogP contribution in [0.15, 0.2) is 51.7 Å². The first-order chi connectivity index (χ1) is 16.4. The minimum Gasteiger partial charge on any atom is -0.493 e. The van der Waals surface area contributed by atoms with Crippen molar-refractivity contribution in [3.05, 3.63) is 58.4 Å². The predicted molar refractivity (Wildman–Crippen MR) is 125 cm³/mol. The lowest BCUT2D eigenvalue weighted by atomic mass is 10.2. The maximum atomic E-state index is 13.0. The number of nitrogens with one attached hydrogen (secondary N) is 1. The largest absolute Gasteiger partial charge is 0.493 e. The van der Waals surface area contributed by atoms with E-state index in [1.54, 1.807) is 49.4 Å². The molecule has 0 aliphatic heterocycles. The van der Waals surface area contributed by atoms with Crippen molar-refractivity contribution in [1.82, 2.24) is 5.32 Å². The van der Waals surface area contributed by atoms with Crippen LogP contribution in [-0.4, -0.2) is 37.2 Å². The van der Waals surface area contributed by atoms with Gasteiger partial charge in [0.1, 0.15) is 17.1 Å². The number of carbonyl (C=O) groups excluding carboxylic acids is 1. The minimum atomic E-state index is -0.820. The first kappa shape index (κ1) is 24.6. The summed E-state index contributed by atoms with van der Waals surface area (Å²) < 4.78 is 22.4. The van der Waals surface area contributed by atoms with E-state index in [4.69, 9.17) is 23.7 Å². The van der Waals surface area contributed by atoms with Gasteiger partial charge in [-0.3, -0.25) is 14.4 Å². The molecule has 0 aliphatic carbocycles. The molecule has 3 aromatic rings. The highest BCUT2D eigenvalue weighted by atomic mass is 16.5. The Kier molecular flexibility index (Phi) is 8.50. The second kappa shape index (κ2) is 11.7. The molecule has 0 spiro atoms. The van der Waals surface area contributed by atoms with Crippen LogP contribution in [0.5, 0.6) is 23.0 Å². The second-order valence-electron chi connectivity index (χ2n) is 7.57. The number of carbonyl (C=O) groups is 2. The summed E-state index contributed by atoms with van der Waals surface area (Å²) >= 11 is 0. The fourth-order valence-corrected chi connectivity index (χ4v) is 3.29. The summed E-state index contributed by atoms with van der Waals surface area (Å²) in [6, 6.07) is 11.7. The second-order valence-corrected chi connectivity index (χ2v) is 7.57. The van der Waals surface area contributed by atoms with E-state index in [1.807, 2.05) is 0 Å². The van der Waals surface area contributed by atoms with E-state index in [0.717, 1.165) is 6.42 Å². The molecular weight excluding hydrogens is 442 g/mol. The molecular formula is C25H27NO8. The van der Waals surface area contributed by atoms with Crippen LogP contribution in [0.3, 0.4) is 0 Å². The Balaban J connectivity index is 1.61. The van der Waals surface area contributed by atoms with Crippen LogP contribution < -0.4 is 25.0 Å². The number of ether oxygens (including phenoxy) is 3. The highest BCUT2D eigenvalue weighted by molar-refractivity contribution is 5.80. The van der Waals surface area contributed by atoms with E-state index in [2.05, 4.69) is 5.32 Å². The average molecular weight is 469 g/mol. The number of hydrogen-bond acceptors (Lipinski definition) is 7. The van der Waals surface area contributed by atoms with Gasteiger partial charge in [0.2, 0.25) is 11.2 Å². The lowest BCUT2D eigenvalue weighted by Gasteiger charge is -2.12. The molecule has 1 amide bonds. The number of carboxylic acids is 1. The molecule has 0 aliphatic rings. The highest BCUT2D eigenvalue weighted by Gasteiger charge is 2.16. The quantitative estimate of drug-likeness (QED) is 0.381. The molecule has 0 fully saturated rings. The minimum absolute atomic E-state index is 0.0633. The van der Waals surface area contributed by atoms with E-state index in [0.29, 0.717) is 53.4 Å². The molecule has 0 saturated heterocycles. The zero-order valence-electron chi connectivity index (χ0n) is 19.1. The molecule has 0 bridgehead atoms. The van der Waals surface area contributed by atoms with Crippen molar-refractivity contribution in [2.75, 3.05) is 20.3 Å². The van der Waals surface area contributed by atoms with Crippen LogP contribution in [0, 0.1) is 6.92 Å². The Morgan fingerprint density at radius 1 is 1.06 bits per heavy atom. The molecule has 9 heteroatoms. The first-order valence-corrected chi connectivity index (χ1v) is 10.9. The number of hydrogen-bond donors (Lipinski definition) is 2. The van der Waals surface area contributed by atoms with E-state index in [1.165, 1.54) is 7.11 Å². The summed E-state index contributed by atoms with van der Waals surface area (Å²) in [4.78, 5) is 35.4. The number of benzene rings is 2. The number of aryl methyl sites for hydroxylation is 1. The number of carboxylic acid groups (broad SMARTS) is 1. The molecule has 1 heterocycles. The molecule has 0 atom stereocenters. The molecule has 0 unspecified atom stereocenters. The molecule has 3 rings (SSSR count). The first-order valence-electron chi connectivity index (χ1n) is 10.9. The number of para-hydroxylation sites is 2. The predicted octanol–water partition coefficient (Wildman–Crippen LogP) is 4.04. The van der Waals surface area contributed by atoms with Crippen LogP contribution in [0.4, 0.5) is 0 Å². The van der Waals surface area contributed by atoms with Gasteiger partial charge in [-0.1, -0.05) is 18.6 Å². The lowest BCUT2D eigenvalue weighted by molar-refractivity contribution is -0.137. The summed E-state index contributed by atoms with van der Waals surface area (Å²) in [7, 11) is 1.52. The van der Waals surface area contributed by atoms with Crippen LogP contribution in [0.1, 0.15) is 31.4 Å². The monoisotopic (exact) mass is 469 g/mol. The van der Waals surface area contributed by atoms with Crippen LogP contribution in [-0.2, 0) is 9.59 Å². The van der Waals surface area contributed by atoms with Gasteiger partial charge in [0, 0.05) is 19.0 Å². The molecule has 2 N–H and O–H groups in total. The molecule has 9 nitrogen and oxygen atoms in total. The van der Waals surface area contributed by atoms with Gasteiger partial charge in [0.05, 0.1) is 12.5 Å². The van der Waals surface area contributed by atoms with Crippen LogP contribution in [0.25, 0.3) is 11.0 Å². The third-order valence-corrected chi connectivity index (χ3v) is 5.03. The summed E-state index contributed by atoms with van der Waals surface area (Å²) in [6.07, 6.45) is 2.12. The van der Waals surface area contributed by atoms with Crippen molar-refractivity contribution in [1.29, 1.82) is 0 Å². The molecule has 0 saturated carbocycles. The number of aliphatic carboxylic acids is 1. The number of amides is 1. The van der Waals surface area contributed by atoms with Gasteiger partial charge in [-0.15, -0.1) is 0 Å². The summed E-state index contributed by atoms with van der Waals surface area (Å²) in [5.41, 5.74) is -0.0249. The fourth-order valence-electron chi connectivity index (χ4n) is 3.29. The standard InChI is InChI=1S/C25H27NO8/c1-16-25(34-20-9-6-5-8-19(20)31-2)24(30)18-12-11-17(14-21(18)33-16)32-15-22(27)26-13-7-3-4-10-23(28)29/h5-6,8-9,11-12,14H,3-4,7,10,13,15H2,1-2H3,(H,26,27)(H,28,29). The third kappa shape index (κ3) is 6.50. The van der Waals surface area contributed by atoms with Crippen molar-refractivity contribution < 1.29 is 33.3 Å². The van der Waals surface area contributed by atoms with Crippen molar-refractivity contribution in [3.8, 4) is 23.0 Å². The third-order valence-electron chi connectivity index (χ3n) is 5.03. The Bertz CT molecular complexity index is 1220. The fraction of sp³-hybridized carbons (Fsp3) is 0.320. The normalized spacial score (nSPS) is 10.6. The van der Waals surface area contributed by atoms with Crippen molar-refractivity contribution >= 4 is 22.8 Å². The zero-order chi connectivity index (χ0) is 24.5. The Morgan fingerprint density at radius 2 is 1.82 bits per heavy atom. The van der Waals surface area contributed by atoms with Crippen molar-refractivity contribution in [2.24, 2.45) is 0 Å². The highest BCUT2D eigenvalue weighted by Crippen LogP contribution is 2.32. The van der Waals surface area contributed by atoms with E-state index < -0.39 is 5.97 Å². The molecule has 0 radical (unpaired) electrons. The van der Waals surface area contributed by atoms with Gasteiger partial charge in [-0.25, -0.2) is 0 Å². The van der Waals surface area contributed by atoms with Crippen molar-refractivity contribution in [3.63, 3.8) is 0 Å². The summed E-state index contributed by atoms with van der Waals surface area (Å²) in [5.74, 6) is 0.506. The van der Waals surface area contributed by atoms with E-state index in [9.17, 15) is 14.4 Å². The maximum absolute atomic E-state index is 13.0. The lowest BCUT2D eigenvalue weighted by Crippen LogP contribution is -2.29. The smallest absolute Gasteiger partial charge is 0.303 e. The summed E-state index contributed by atoms with van der Waals surface area (Å²) in [5, 5.41) is 11.6. The number of rotatable bonds is 12. The van der Waals surface area contributed by atoms with Gasteiger partial charge in [-0.2, -0.15) is 0 Å². The van der Waals surface area contributed by atoms with Crippen LogP contribution >= 0.6 is 0 Å². The van der Waals surface area contributed by atoms with Gasteiger partial charge in [0.25, 0.3) is 5.91 Å². The summed E-state index contributed by atoms with van der Waals surface area (Å²) in [6.45, 7) is 1.88. The number of unbranched alkanes of at least 4 members (excludes halogenated alkanes) is 2. The molecule has 34 heavy (non-hydrogen) atoms. The molecule has 180 valence electrons. The average Bonchev–Trinajstić information content (AvgIpc) is 2.82. The van der Waals surface area contributed by atoms with E-state index in [-0.39, 0.29) is 30.1 Å². The number of fused-ring (bicyclic) bond motifs is 1. The van der Waals surface area contributed by atoms with E-state index >= 15 is 0 Å². The molecule has 1 aromatic heterocycles. The SMILES string of the molecule is COc1ccccc1Oc1c(C)oc2cc(OCC(=O)NCCCCCC(=O)O)ccc2c1=O. The molecule has 2 aromatic carbocycles. The maximum Gasteiger partial charge on any atom is 0.303 e. The topological polar surface area (TPSA) is 124 Å². The van der Waals surface area contributed by atoms with Gasteiger partial charge >= 0.3 is 5.97 Å². The Morgan fingerprint density at radius 3 is 2.56 bits per heavy atom. The van der Waals surface area contributed by atoms with Crippen molar-refractivity contribution in [2.45, 2.75) is 32.6 Å². The van der Waals surface area contributed by atoms with Gasteiger partial charge in [-0.05, 0) is 44.0 Å². The van der Waals surface area contributed by atoms with Gasteiger partial charge < -0.3 is 29.1 Å². The number of methoxy groups -OCH3 is 1.